The van der Waals surface area contributed by atoms with Crippen molar-refractivity contribution in [1.82, 2.24) is 10.0 Å². The summed E-state index contributed by atoms with van der Waals surface area (Å²) in [5.74, 6) is -3.48. The van der Waals surface area contributed by atoms with Crippen molar-refractivity contribution < 1.29 is 66.5 Å². The van der Waals surface area contributed by atoms with Gasteiger partial charge in [-0.2, -0.15) is 10.2 Å². The molecule has 10 rings (SSSR count). The van der Waals surface area contributed by atoms with Crippen LogP contribution in [0, 0.1) is 0 Å². The normalized spacial score (nSPS) is 20.7. The first-order chi connectivity index (χ1) is 36.1. The third-order valence-corrected chi connectivity index (χ3v) is 14.4. The summed E-state index contributed by atoms with van der Waals surface area (Å²) in [6, 6.07) is 30.3. The molecule has 2 aliphatic carbocycles. The molecule has 0 N–H and O–H groups in total. The maximum absolute atomic E-state index is 14.8. The van der Waals surface area contributed by atoms with E-state index in [4.69, 9.17) is 57.6 Å². The molecule has 4 aromatic rings. The van der Waals surface area contributed by atoms with E-state index < -0.39 is 46.2 Å². The highest BCUT2D eigenvalue weighted by Crippen LogP contribution is 2.67. The zero-order valence-electron chi connectivity index (χ0n) is 41.7. The lowest BCUT2D eigenvalue weighted by Crippen LogP contribution is -2.60. The van der Waals surface area contributed by atoms with E-state index in [1.165, 1.54) is 38.5 Å². The molecule has 0 unspecified atom stereocenters. The highest BCUT2D eigenvalue weighted by molar-refractivity contribution is 6.50. The highest BCUT2D eigenvalue weighted by Gasteiger charge is 2.74. The van der Waals surface area contributed by atoms with Crippen molar-refractivity contribution in [1.29, 1.82) is 0 Å². The summed E-state index contributed by atoms with van der Waals surface area (Å²) in [5, 5.41) is 13.1. The van der Waals surface area contributed by atoms with Crippen LogP contribution in [-0.4, -0.2) is 152 Å². The monoisotopic (exact) mass is 1010 g/mol. The molecule has 4 aliphatic heterocycles. The lowest BCUT2D eigenvalue weighted by molar-refractivity contribution is -0.154. The number of benzene rings is 4. The molecule has 0 aromatic heterocycles. The van der Waals surface area contributed by atoms with Gasteiger partial charge in [-0.25, -0.2) is 29.2 Å². The molecule has 2 atom stereocenters. The fraction of sp³-hybridized carbons (Fsp3) is 0.321. The fourth-order valence-electron chi connectivity index (χ4n) is 11.6. The number of hydrogen-bond acceptors (Lipinski definition) is 18. The van der Waals surface area contributed by atoms with Crippen LogP contribution >= 0.6 is 0 Å². The van der Waals surface area contributed by atoms with Crippen LogP contribution in [0.4, 0.5) is 0 Å². The lowest BCUT2D eigenvalue weighted by atomic mass is 9.65. The topological polar surface area (TPSA) is 192 Å². The van der Waals surface area contributed by atoms with Gasteiger partial charge < -0.3 is 47.4 Å². The van der Waals surface area contributed by atoms with Gasteiger partial charge >= 0.3 is 23.9 Å². The van der Waals surface area contributed by atoms with Crippen LogP contribution in [0.25, 0.3) is 22.3 Å². The lowest BCUT2D eigenvalue weighted by Gasteiger charge is -2.48. The van der Waals surface area contributed by atoms with E-state index in [-0.39, 0.29) is 73.6 Å². The molecule has 2 spiro atoms. The number of nitrogens with zero attached hydrogens (tertiary/aromatic N) is 4. The molecule has 382 valence electrons. The van der Waals surface area contributed by atoms with Gasteiger partial charge in [0.05, 0.1) is 92.4 Å². The SMILES string of the molecule is COCCOCCO[C@@]12C=CC(C3=NN4C(C(=O)OC)=C(C(=O)OC)C5(c6ccccc6-c6ccccc65)[C@@]4(OCCOCCOC)C=C3)=NN1C(C(=O)OC)=C(C(=O)OC)C21c2ccccc2-c2ccccc21. The number of hydrazone groups is 2. The Bertz CT molecular complexity index is 2840. The molecule has 0 amide bonds. The summed E-state index contributed by atoms with van der Waals surface area (Å²) >= 11 is 0. The quantitative estimate of drug-likeness (QED) is 0.0663. The number of ether oxygens (including phenoxy) is 10. The van der Waals surface area contributed by atoms with Crippen LogP contribution in [-0.2, 0) is 77.4 Å². The Kier molecular flexibility index (Phi) is 13.5. The number of carbonyl (C=O) groups excluding carboxylic acids is 4. The van der Waals surface area contributed by atoms with Crippen molar-refractivity contribution in [3.63, 3.8) is 0 Å². The van der Waals surface area contributed by atoms with Crippen molar-refractivity contribution in [2.75, 3.05) is 95.5 Å². The van der Waals surface area contributed by atoms with Crippen molar-refractivity contribution in [2.24, 2.45) is 10.2 Å². The van der Waals surface area contributed by atoms with Crippen LogP contribution < -0.4 is 0 Å². The predicted molar refractivity (Wildman–Crippen MR) is 267 cm³/mol. The largest absolute Gasteiger partial charge is 0.466 e. The minimum Gasteiger partial charge on any atom is -0.466 e. The molecule has 0 saturated heterocycles. The maximum atomic E-state index is 14.8. The van der Waals surface area contributed by atoms with Crippen LogP contribution in [0.15, 0.2) is 154 Å². The van der Waals surface area contributed by atoms with Crippen LogP contribution in [0.1, 0.15) is 22.3 Å². The molecule has 6 aliphatic rings. The smallest absolute Gasteiger partial charge is 0.357 e. The van der Waals surface area contributed by atoms with Gasteiger partial charge in [0.1, 0.15) is 22.3 Å². The molecule has 0 bridgehead atoms. The van der Waals surface area contributed by atoms with Gasteiger partial charge in [-0.3, -0.25) is 0 Å². The molecular formula is C56H54N4O14. The molecule has 0 saturated carbocycles. The van der Waals surface area contributed by atoms with Crippen LogP contribution in [0.3, 0.4) is 0 Å². The molecule has 0 fully saturated rings. The van der Waals surface area contributed by atoms with Gasteiger partial charge in [-0.1, -0.05) is 97.1 Å². The van der Waals surface area contributed by atoms with E-state index in [1.807, 2.05) is 97.1 Å². The average Bonchev–Trinajstić information content (AvgIpc) is 4.20. The van der Waals surface area contributed by atoms with Gasteiger partial charge in [0, 0.05) is 14.2 Å². The Hall–Kier alpha value is -7.58. The molecule has 4 heterocycles. The van der Waals surface area contributed by atoms with Crippen molar-refractivity contribution >= 4 is 35.3 Å². The van der Waals surface area contributed by atoms with Gasteiger partial charge in [0.25, 0.3) is 0 Å². The first-order valence-electron chi connectivity index (χ1n) is 23.9. The molecule has 74 heavy (non-hydrogen) atoms. The second-order valence-corrected chi connectivity index (χ2v) is 17.7. The van der Waals surface area contributed by atoms with Crippen molar-refractivity contribution in [2.45, 2.75) is 22.3 Å². The number of methoxy groups -OCH3 is 6. The van der Waals surface area contributed by atoms with E-state index in [0.717, 1.165) is 22.3 Å². The van der Waals surface area contributed by atoms with Crippen molar-refractivity contribution in [3.8, 4) is 22.3 Å². The summed E-state index contributed by atoms with van der Waals surface area (Å²) in [7, 11) is 8.04. The third-order valence-electron chi connectivity index (χ3n) is 14.4. The van der Waals surface area contributed by atoms with E-state index in [0.29, 0.717) is 35.5 Å². The van der Waals surface area contributed by atoms with Gasteiger partial charge in [0.15, 0.2) is 22.8 Å². The minimum atomic E-state index is -1.82. The third kappa shape index (κ3) is 7.00. The first-order valence-corrected chi connectivity index (χ1v) is 23.9. The molecule has 0 radical (unpaired) electrons. The zero-order valence-corrected chi connectivity index (χ0v) is 41.7. The maximum Gasteiger partial charge on any atom is 0.357 e. The average molecular weight is 1010 g/mol. The van der Waals surface area contributed by atoms with Gasteiger partial charge in [0.2, 0.25) is 0 Å². The standard InChI is InChI=1S/C56H54N4O14/c1-65-27-29-71-31-33-73-53-25-23-43(57-59(53)47(51(63)69-5)45(49(61)67-3)55(53)39-19-11-7-15-35(39)36-16-8-12-20-40(36)55)44-24-26-54(74-34-32-72-30-28-66-2)56(46(50(62)68-4)48(52(64)70-6)60(54)58-44)41-21-13-9-17-37(41)38-18-10-14-22-42(38)56/h7-26H,27-34H2,1-6H3/t53-,54+. The summed E-state index contributed by atoms with van der Waals surface area (Å²) in [6.45, 7) is 1.30. The summed E-state index contributed by atoms with van der Waals surface area (Å²) in [5.41, 5.74) is -1.59. The van der Waals surface area contributed by atoms with E-state index in [1.54, 1.807) is 38.5 Å². The number of rotatable bonds is 19. The first kappa shape index (κ1) is 50.0. The Morgan fingerprint density at radius 3 is 1.04 bits per heavy atom. The van der Waals surface area contributed by atoms with Gasteiger partial charge in [-0.15, -0.1) is 0 Å². The Balaban J connectivity index is 1.21. The number of fused-ring (bicyclic) bond motifs is 14. The fourth-order valence-corrected chi connectivity index (χ4v) is 11.6. The van der Waals surface area contributed by atoms with Crippen LogP contribution in [0.5, 0.6) is 0 Å². The molecule has 18 heteroatoms. The highest BCUT2D eigenvalue weighted by atomic mass is 16.6. The van der Waals surface area contributed by atoms with E-state index in [9.17, 15) is 19.2 Å². The van der Waals surface area contributed by atoms with Crippen molar-refractivity contribution in [3.05, 3.63) is 166 Å². The molecule has 4 aromatic carbocycles. The Morgan fingerprint density at radius 2 is 0.730 bits per heavy atom. The summed E-state index contributed by atoms with van der Waals surface area (Å²) in [4.78, 5) is 58.8. The number of carbonyl (C=O) groups is 4. The molecular weight excluding hydrogens is 953 g/mol. The zero-order chi connectivity index (χ0) is 51.8. The number of allylic oxidation sites excluding steroid dienone is 2. The Labute approximate surface area is 427 Å². The second kappa shape index (κ2) is 20.0. The number of esters is 4. The number of hydrogen-bond donors (Lipinski definition) is 0. The van der Waals surface area contributed by atoms with E-state index >= 15 is 0 Å². The summed E-state index contributed by atoms with van der Waals surface area (Å²) in [6.07, 6.45) is 6.83. The summed E-state index contributed by atoms with van der Waals surface area (Å²) < 4.78 is 58.6. The molecule has 18 nitrogen and oxygen atoms in total. The minimum absolute atomic E-state index is 0.0529. The Morgan fingerprint density at radius 1 is 0.419 bits per heavy atom. The predicted octanol–water partition coefficient (Wildman–Crippen LogP) is 5.35. The second-order valence-electron chi connectivity index (χ2n) is 17.7. The van der Waals surface area contributed by atoms with Crippen LogP contribution in [0.2, 0.25) is 0 Å². The van der Waals surface area contributed by atoms with Gasteiger partial charge in [-0.05, 0) is 68.8 Å². The van der Waals surface area contributed by atoms with E-state index in [2.05, 4.69) is 0 Å².